The molecule has 0 amide bonds. The fourth-order valence-corrected chi connectivity index (χ4v) is 4.76. The Kier molecular flexibility index (Phi) is 5.90. The van der Waals surface area contributed by atoms with Crippen molar-refractivity contribution in [2.24, 2.45) is 0 Å². The number of aliphatic hydroxyl groups excluding tert-OH is 1. The fraction of sp³-hybridized carbons (Fsp3) is 0.500. The van der Waals surface area contributed by atoms with E-state index >= 15 is 0 Å². The molecule has 2 atom stereocenters. The highest BCUT2D eigenvalue weighted by atomic mass is 16.7. The Morgan fingerprint density at radius 3 is 2.71 bits per heavy atom. The first kappa shape index (κ1) is 21.6. The molecule has 168 valence electrons. The molecule has 0 aliphatic carbocycles. The predicted molar refractivity (Wildman–Crippen MR) is 116 cm³/mol. The minimum absolute atomic E-state index is 0.0811. The van der Waals surface area contributed by atoms with Crippen molar-refractivity contribution in [1.82, 2.24) is 0 Å². The quantitative estimate of drug-likeness (QED) is 0.657. The van der Waals surface area contributed by atoms with Crippen LogP contribution in [0.1, 0.15) is 35.6 Å². The maximum Gasteiger partial charge on any atom is 0.231 e. The first-order valence-electron chi connectivity index (χ1n) is 10.7. The van der Waals surface area contributed by atoms with Crippen molar-refractivity contribution in [2.75, 3.05) is 41.7 Å². The van der Waals surface area contributed by atoms with Gasteiger partial charge in [-0.3, -0.25) is 0 Å². The zero-order valence-corrected chi connectivity index (χ0v) is 18.7. The molecule has 2 heterocycles. The third-order valence-electron chi connectivity index (χ3n) is 6.59. The molecule has 0 saturated heterocycles. The number of phenols is 1. The van der Waals surface area contributed by atoms with E-state index < -0.39 is 6.10 Å². The second-order valence-electron chi connectivity index (χ2n) is 8.92. The van der Waals surface area contributed by atoms with Gasteiger partial charge in [0, 0.05) is 12.8 Å². The topological polar surface area (TPSA) is 77.4 Å². The summed E-state index contributed by atoms with van der Waals surface area (Å²) in [6.07, 6.45) is 2.37. The van der Waals surface area contributed by atoms with Crippen molar-refractivity contribution >= 4 is 0 Å². The van der Waals surface area contributed by atoms with Gasteiger partial charge in [-0.1, -0.05) is 6.07 Å². The van der Waals surface area contributed by atoms with E-state index in [-0.39, 0.29) is 18.6 Å². The maximum absolute atomic E-state index is 11.0. The molecular formula is C24H32NO6+. The average Bonchev–Trinajstić information content (AvgIpc) is 3.22. The molecule has 2 aromatic rings. The van der Waals surface area contributed by atoms with Gasteiger partial charge in [-0.05, 0) is 42.2 Å². The van der Waals surface area contributed by atoms with Crippen molar-refractivity contribution in [3.05, 3.63) is 41.0 Å². The van der Waals surface area contributed by atoms with Gasteiger partial charge in [-0.15, -0.1) is 0 Å². The van der Waals surface area contributed by atoms with Crippen LogP contribution in [0.3, 0.4) is 0 Å². The molecule has 0 spiro atoms. The van der Waals surface area contributed by atoms with Gasteiger partial charge in [-0.2, -0.15) is 0 Å². The molecule has 31 heavy (non-hydrogen) atoms. The normalized spacial score (nSPS) is 19.6. The Hall–Kier alpha value is -2.64. The number of ether oxygens (including phenoxy) is 4. The number of hydrogen-bond donors (Lipinski definition) is 2. The number of hydrogen-bond acceptors (Lipinski definition) is 6. The van der Waals surface area contributed by atoms with E-state index in [9.17, 15) is 10.2 Å². The summed E-state index contributed by atoms with van der Waals surface area (Å²) < 4.78 is 23.1. The fourth-order valence-electron chi connectivity index (χ4n) is 4.76. The molecule has 7 heteroatoms. The summed E-state index contributed by atoms with van der Waals surface area (Å²) in [6.45, 7) is 1.18. The van der Waals surface area contributed by atoms with Crippen LogP contribution >= 0.6 is 0 Å². The van der Waals surface area contributed by atoms with E-state index in [1.54, 1.807) is 13.2 Å². The monoisotopic (exact) mass is 430 g/mol. The van der Waals surface area contributed by atoms with Crippen LogP contribution in [0.25, 0.3) is 0 Å². The molecule has 0 bridgehead atoms. The van der Waals surface area contributed by atoms with Crippen LogP contribution in [0, 0.1) is 0 Å². The summed E-state index contributed by atoms with van der Waals surface area (Å²) in [5.41, 5.74) is 3.35. The van der Waals surface area contributed by atoms with E-state index in [1.807, 2.05) is 12.1 Å². The van der Waals surface area contributed by atoms with E-state index in [0.29, 0.717) is 30.8 Å². The highest BCUT2D eigenvalue weighted by Gasteiger charge is 2.42. The van der Waals surface area contributed by atoms with Crippen LogP contribution in [0.15, 0.2) is 24.3 Å². The van der Waals surface area contributed by atoms with E-state index in [2.05, 4.69) is 20.2 Å². The van der Waals surface area contributed by atoms with Gasteiger partial charge in [0.1, 0.15) is 6.04 Å². The van der Waals surface area contributed by atoms with Crippen molar-refractivity contribution in [3.8, 4) is 28.7 Å². The van der Waals surface area contributed by atoms with Crippen molar-refractivity contribution < 1.29 is 33.6 Å². The van der Waals surface area contributed by atoms with Crippen LogP contribution in [0.4, 0.5) is 0 Å². The standard InChI is InChI=1S/C24H31NO6/c1-25(2)10-9-16-12-21-23(31-14-30-21)24(29-4)22(16)18(25)13-17(26)7-5-15-6-8-19(27)20(11-15)28-3/h6,8,11-12,17-18,26H,5,7,9-10,13-14H2,1-4H3/p+1/t17-,18-/m1/s1. The number of likely N-dealkylation sites (N-methyl/N-ethyl adjacent to an activating group) is 1. The minimum atomic E-state index is -0.483. The molecule has 2 aromatic carbocycles. The number of quaternary nitrogens is 1. The number of methoxy groups -OCH3 is 2. The third kappa shape index (κ3) is 4.12. The lowest BCUT2D eigenvalue weighted by Gasteiger charge is -2.44. The van der Waals surface area contributed by atoms with Gasteiger partial charge in [0.05, 0.1) is 46.5 Å². The first-order valence-corrected chi connectivity index (χ1v) is 10.7. The Morgan fingerprint density at radius 1 is 1.16 bits per heavy atom. The molecular weight excluding hydrogens is 398 g/mol. The summed E-state index contributed by atoms with van der Waals surface area (Å²) in [7, 11) is 7.61. The summed E-state index contributed by atoms with van der Waals surface area (Å²) in [5, 5.41) is 20.8. The van der Waals surface area contributed by atoms with Gasteiger partial charge >= 0.3 is 0 Å². The van der Waals surface area contributed by atoms with Crippen LogP contribution in [-0.4, -0.2) is 62.5 Å². The average molecular weight is 431 g/mol. The van der Waals surface area contributed by atoms with Crippen molar-refractivity contribution in [1.29, 1.82) is 0 Å². The Morgan fingerprint density at radius 2 is 1.97 bits per heavy atom. The van der Waals surface area contributed by atoms with Crippen molar-refractivity contribution in [2.45, 2.75) is 37.8 Å². The minimum Gasteiger partial charge on any atom is -0.504 e. The third-order valence-corrected chi connectivity index (χ3v) is 6.59. The molecule has 2 aliphatic rings. The molecule has 4 rings (SSSR count). The van der Waals surface area contributed by atoms with Crippen molar-refractivity contribution in [3.63, 3.8) is 0 Å². The van der Waals surface area contributed by atoms with Crippen LogP contribution in [0.2, 0.25) is 0 Å². The molecule has 0 saturated carbocycles. The summed E-state index contributed by atoms with van der Waals surface area (Å²) in [4.78, 5) is 0. The summed E-state index contributed by atoms with van der Waals surface area (Å²) in [6, 6.07) is 7.47. The molecule has 0 aromatic heterocycles. The molecule has 2 N–H and O–H groups in total. The molecule has 7 nitrogen and oxygen atoms in total. The van der Waals surface area contributed by atoms with Crippen LogP contribution < -0.4 is 18.9 Å². The maximum atomic E-state index is 11.0. The summed E-state index contributed by atoms with van der Waals surface area (Å²) in [5.74, 6) is 2.71. The highest BCUT2D eigenvalue weighted by molar-refractivity contribution is 5.61. The SMILES string of the molecule is COc1cc(CC[C@@H](O)C[C@@H]2c3c(cc4c(c3OC)OCO4)CC[N+]2(C)C)ccc1O. The molecule has 0 unspecified atom stereocenters. The number of rotatable bonds is 7. The smallest absolute Gasteiger partial charge is 0.231 e. The molecule has 0 fully saturated rings. The lowest BCUT2D eigenvalue weighted by atomic mass is 9.85. The highest BCUT2D eigenvalue weighted by Crippen LogP contribution is 2.51. The second kappa shape index (κ2) is 8.48. The van der Waals surface area contributed by atoms with E-state index in [1.165, 1.54) is 12.7 Å². The molecule has 0 radical (unpaired) electrons. The number of aliphatic hydroxyl groups is 1. The Balaban J connectivity index is 1.55. The number of nitrogens with zero attached hydrogens (tertiary/aromatic N) is 1. The zero-order chi connectivity index (χ0) is 22.2. The first-order chi connectivity index (χ1) is 14.8. The largest absolute Gasteiger partial charge is 0.504 e. The zero-order valence-electron chi connectivity index (χ0n) is 18.7. The van der Waals surface area contributed by atoms with Gasteiger partial charge < -0.3 is 33.6 Å². The Bertz CT molecular complexity index is 958. The number of aromatic hydroxyl groups is 1. The number of benzene rings is 2. The molecule has 2 aliphatic heterocycles. The van der Waals surface area contributed by atoms with Crippen LogP contribution in [0.5, 0.6) is 28.7 Å². The lowest BCUT2D eigenvalue weighted by Crippen LogP contribution is -2.49. The van der Waals surface area contributed by atoms with Gasteiger partial charge in [0.15, 0.2) is 23.0 Å². The van der Waals surface area contributed by atoms with Gasteiger partial charge in [0.2, 0.25) is 12.5 Å². The number of aryl methyl sites for hydroxylation is 1. The lowest BCUT2D eigenvalue weighted by molar-refractivity contribution is -0.924. The van der Waals surface area contributed by atoms with E-state index in [4.69, 9.17) is 18.9 Å². The predicted octanol–water partition coefficient (Wildman–Crippen LogP) is 3.20. The Labute approximate surface area is 183 Å². The second-order valence-corrected chi connectivity index (χ2v) is 8.92. The van der Waals surface area contributed by atoms with E-state index in [0.717, 1.165) is 40.1 Å². The summed E-state index contributed by atoms with van der Waals surface area (Å²) >= 11 is 0. The van der Waals surface area contributed by atoms with Gasteiger partial charge in [0.25, 0.3) is 0 Å². The number of fused-ring (bicyclic) bond motifs is 2. The van der Waals surface area contributed by atoms with Gasteiger partial charge in [-0.25, -0.2) is 0 Å². The van der Waals surface area contributed by atoms with Crippen LogP contribution in [-0.2, 0) is 12.8 Å². The number of phenolic OH excluding ortho intramolecular Hbond substituents is 1.